The highest BCUT2D eigenvalue weighted by atomic mass is 19.2. The molecule has 0 amide bonds. The van der Waals surface area contributed by atoms with Crippen molar-refractivity contribution in [2.24, 2.45) is 11.8 Å². The quantitative estimate of drug-likeness (QED) is 0.709. The molecule has 0 aromatic heterocycles. The van der Waals surface area contributed by atoms with Gasteiger partial charge in [0.25, 0.3) is 0 Å². The van der Waals surface area contributed by atoms with E-state index in [1.807, 2.05) is 0 Å². The number of hydrogen-bond acceptors (Lipinski definition) is 2. The summed E-state index contributed by atoms with van der Waals surface area (Å²) in [7, 11) is 0. The Morgan fingerprint density at radius 1 is 0.833 bits per heavy atom. The van der Waals surface area contributed by atoms with Crippen LogP contribution in [0.2, 0.25) is 0 Å². The van der Waals surface area contributed by atoms with E-state index < -0.39 is 11.6 Å². The summed E-state index contributed by atoms with van der Waals surface area (Å²) in [5, 5.41) is 0. The lowest BCUT2D eigenvalue weighted by Gasteiger charge is -2.08. The van der Waals surface area contributed by atoms with Crippen LogP contribution in [0.1, 0.15) is 45.7 Å². The van der Waals surface area contributed by atoms with Gasteiger partial charge in [0.2, 0.25) is 0 Å². The van der Waals surface area contributed by atoms with Crippen molar-refractivity contribution in [2.75, 3.05) is 0 Å². The molecule has 0 saturated heterocycles. The zero-order chi connectivity index (χ0) is 13.2. The van der Waals surface area contributed by atoms with Gasteiger partial charge in [-0.1, -0.05) is 13.8 Å². The van der Waals surface area contributed by atoms with Crippen molar-refractivity contribution in [2.45, 2.75) is 26.7 Å². The minimum atomic E-state index is -1.14. The predicted octanol–water partition coefficient (Wildman–Crippen LogP) is 2.71. The van der Waals surface area contributed by atoms with Crippen molar-refractivity contribution in [1.82, 2.24) is 0 Å². The number of halogens is 2. The van der Waals surface area contributed by atoms with E-state index in [2.05, 4.69) is 0 Å². The van der Waals surface area contributed by atoms with E-state index in [9.17, 15) is 18.4 Å². The molecule has 0 fully saturated rings. The second kappa shape index (κ2) is 3.46. The molecule has 0 bridgehead atoms. The first-order chi connectivity index (χ1) is 8.43. The Bertz CT molecular complexity index is 552. The molecule has 2 unspecified atom stereocenters. The van der Waals surface area contributed by atoms with E-state index in [1.54, 1.807) is 13.8 Å². The van der Waals surface area contributed by atoms with E-state index in [0.717, 1.165) is 0 Å². The summed E-state index contributed by atoms with van der Waals surface area (Å²) in [6.07, 6.45) is 0.821. The zero-order valence-corrected chi connectivity index (χ0v) is 10.1. The van der Waals surface area contributed by atoms with Crippen LogP contribution < -0.4 is 0 Å². The van der Waals surface area contributed by atoms with Gasteiger partial charge in [-0.05, 0) is 24.0 Å². The molecule has 0 radical (unpaired) electrons. The molecule has 2 atom stereocenters. The van der Waals surface area contributed by atoms with E-state index in [0.29, 0.717) is 24.0 Å². The van der Waals surface area contributed by atoms with Crippen molar-refractivity contribution in [3.8, 4) is 0 Å². The molecule has 0 heterocycles. The minimum Gasteiger partial charge on any atom is -0.294 e. The van der Waals surface area contributed by atoms with Crippen LogP contribution in [0.15, 0.2) is 0 Å². The Balaban J connectivity index is 2.36. The molecule has 1 aromatic carbocycles. The fourth-order valence-electron chi connectivity index (χ4n) is 3.04. The highest BCUT2D eigenvalue weighted by Crippen LogP contribution is 2.40. The second-order valence-corrected chi connectivity index (χ2v) is 5.27. The summed E-state index contributed by atoms with van der Waals surface area (Å²) in [6.45, 7) is 3.40. The first-order valence-corrected chi connectivity index (χ1v) is 6.04. The summed E-state index contributed by atoms with van der Waals surface area (Å²) < 4.78 is 27.9. The molecule has 1 aromatic rings. The summed E-state index contributed by atoms with van der Waals surface area (Å²) >= 11 is 0. The Labute approximate surface area is 103 Å². The lowest BCUT2D eigenvalue weighted by Crippen LogP contribution is -2.10. The van der Waals surface area contributed by atoms with Crippen molar-refractivity contribution in [1.29, 1.82) is 0 Å². The normalized spacial score (nSPS) is 25.6. The maximum Gasteiger partial charge on any atom is 0.170 e. The third-order valence-corrected chi connectivity index (χ3v) is 4.01. The molecule has 0 saturated carbocycles. The van der Waals surface area contributed by atoms with E-state index in [-0.39, 0.29) is 34.5 Å². The van der Waals surface area contributed by atoms with Gasteiger partial charge in [-0.2, -0.15) is 0 Å². The topological polar surface area (TPSA) is 34.1 Å². The van der Waals surface area contributed by atoms with Crippen molar-refractivity contribution >= 4 is 11.6 Å². The maximum atomic E-state index is 13.9. The number of carbonyl (C=O) groups excluding carboxylic acids is 2. The van der Waals surface area contributed by atoms with Crippen molar-refractivity contribution < 1.29 is 18.4 Å². The van der Waals surface area contributed by atoms with Gasteiger partial charge in [0, 0.05) is 11.8 Å². The first kappa shape index (κ1) is 11.5. The van der Waals surface area contributed by atoms with Gasteiger partial charge in [-0.3, -0.25) is 9.59 Å². The van der Waals surface area contributed by atoms with Gasteiger partial charge in [-0.15, -0.1) is 0 Å². The average Bonchev–Trinajstić information content (AvgIpc) is 2.77. The maximum absolute atomic E-state index is 13.9. The third-order valence-electron chi connectivity index (χ3n) is 4.01. The number of rotatable bonds is 0. The molecule has 94 valence electrons. The Morgan fingerprint density at radius 3 is 1.50 bits per heavy atom. The third kappa shape index (κ3) is 1.21. The van der Waals surface area contributed by atoms with Crippen molar-refractivity contribution in [3.63, 3.8) is 0 Å². The van der Waals surface area contributed by atoms with Crippen LogP contribution in [0.4, 0.5) is 8.78 Å². The molecule has 0 spiro atoms. The van der Waals surface area contributed by atoms with Crippen LogP contribution in [-0.4, -0.2) is 11.6 Å². The number of benzene rings is 1. The van der Waals surface area contributed by atoms with E-state index in [1.165, 1.54) is 0 Å². The summed E-state index contributed by atoms with van der Waals surface area (Å²) in [5.41, 5.74) is 0.861. The molecule has 4 heteroatoms. The van der Waals surface area contributed by atoms with Gasteiger partial charge >= 0.3 is 0 Å². The second-order valence-electron chi connectivity index (χ2n) is 5.27. The van der Waals surface area contributed by atoms with Gasteiger partial charge in [0.05, 0.1) is 11.1 Å². The molecule has 2 nitrogen and oxygen atoms in total. The standard InChI is InChI=1S/C14H12F2O2/c1-5-3-7-8-4-6(2)14(18)10(8)12(16)11(15)9(7)13(5)17/h5-6H,3-4H2,1-2H3. The Hall–Kier alpha value is -1.58. The highest BCUT2D eigenvalue weighted by Gasteiger charge is 2.41. The van der Waals surface area contributed by atoms with Gasteiger partial charge < -0.3 is 0 Å². The molecule has 2 aliphatic rings. The molecule has 3 rings (SSSR count). The van der Waals surface area contributed by atoms with Crippen LogP contribution in [0.3, 0.4) is 0 Å². The summed E-state index contributed by atoms with van der Waals surface area (Å²) in [5.74, 6) is -3.63. The van der Waals surface area contributed by atoms with Crippen LogP contribution in [-0.2, 0) is 12.8 Å². The minimum absolute atomic E-state index is 0.124. The molecular weight excluding hydrogens is 238 g/mol. The average molecular weight is 250 g/mol. The Kier molecular flexibility index (Phi) is 2.22. The Morgan fingerprint density at radius 2 is 1.17 bits per heavy atom. The predicted molar refractivity (Wildman–Crippen MR) is 60.8 cm³/mol. The smallest absolute Gasteiger partial charge is 0.170 e. The fraction of sp³-hybridized carbons (Fsp3) is 0.429. The molecule has 0 aliphatic heterocycles. The monoisotopic (exact) mass is 250 g/mol. The number of fused-ring (bicyclic) bond motifs is 3. The molecule has 2 aliphatic carbocycles. The largest absolute Gasteiger partial charge is 0.294 e. The lowest BCUT2D eigenvalue weighted by atomic mass is 9.98. The highest BCUT2D eigenvalue weighted by molar-refractivity contribution is 6.07. The van der Waals surface area contributed by atoms with E-state index >= 15 is 0 Å². The fourth-order valence-corrected chi connectivity index (χ4v) is 3.04. The van der Waals surface area contributed by atoms with Crippen LogP contribution >= 0.6 is 0 Å². The molecule has 18 heavy (non-hydrogen) atoms. The summed E-state index contributed by atoms with van der Waals surface area (Å²) in [4.78, 5) is 23.7. The van der Waals surface area contributed by atoms with Crippen LogP contribution in [0.25, 0.3) is 0 Å². The van der Waals surface area contributed by atoms with E-state index in [4.69, 9.17) is 0 Å². The number of Topliss-reactive ketones (excluding diaryl/α,β-unsaturated/α-hetero) is 2. The first-order valence-electron chi connectivity index (χ1n) is 6.04. The van der Waals surface area contributed by atoms with Gasteiger partial charge in [0.1, 0.15) is 0 Å². The number of hydrogen-bond donors (Lipinski definition) is 0. The van der Waals surface area contributed by atoms with Crippen molar-refractivity contribution in [3.05, 3.63) is 33.9 Å². The van der Waals surface area contributed by atoms with Crippen LogP contribution in [0, 0.1) is 23.5 Å². The van der Waals surface area contributed by atoms with Gasteiger partial charge in [-0.25, -0.2) is 8.78 Å². The SMILES string of the molecule is CC1Cc2c3c(c(F)c(F)c2C1=O)C(=O)C(C)C3. The zero-order valence-electron chi connectivity index (χ0n) is 10.1. The number of carbonyl (C=O) groups is 2. The summed E-state index contributed by atoms with van der Waals surface area (Å²) in [6, 6.07) is 0. The van der Waals surface area contributed by atoms with Gasteiger partial charge in [0.15, 0.2) is 23.2 Å². The molecule has 0 N–H and O–H groups in total. The lowest BCUT2D eigenvalue weighted by molar-refractivity contribution is 0.0930. The molecular formula is C14H12F2O2. The number of ketones is 2. The van der Waals surface area contributed by atoms with Crippen LogP contribution in [0.5, 0.6) is 0 Å².